The number of thioether (sulfide) groups is 1. The average Bonchev–Trinajstić information content (AvgIpc) is 3.17. The highest BCUT2D eigenvalue weighted by Gasteiger charge is 2.40. The van der Waals surface area contributed by atoms with Crippen molar-refractivity contribution >= 4 is 45.2 Å². The maximum Gasteiger partial charge on any atom is 0.264 e. The van der Waals surface area contributed by atoms with Gasteiger partial charge in [0, 0.05) is 16.7 Å². The molecular weight excluding hydrogens is 529 g/mol. The fraction of sp³-hybridized carbons (Fsp3) is 0.148. The summed E-state index contributed by atoms with van der Waals surface area (Å²) < 4.78 is 14.2. The van der Waals surface area contributed by atoms with Gasteiger partial charge in [0.05, 0.1) is 5.25 Å². The molecule has 1 aliphatic heterocycles. The average molecular weight is 550 g/mol. The highest BCUT2D eigenvalue weighted by molar-refractivity contribution is 9.10. The Morgan fingerprint density at radius 3 is 2.37 bits per heavy atom. The van der Waals surface area contributed by atoms with Crippen molar-refractivity contribution in [3.8, 4) is 6.07 Å². The van der Waals surface area contributed by atoms with E-state index in [1.165, 1.54) is 28.8 Å². The first kappa shape index (κ1) is 24.7. The number of anilines is 1. The van der Waals surface area contributed by atoms with E-state index >= 15 is 0 Å². The Kier molecular flexibility index (Phi) is 8.01. The zero-order chi connectivity index (χ0) is 24.8. The number of rotatable bonds is 7. The maximum absolute atomic E-state index is 13.5. The molecule has 1 heterocycles. The molecule has 1 N–H and O–H groups in total. The van der Waals surface area contributed by atoms with Gasteiger partial charge in [0.15, 0.2) is 0 Å². The van der Waals surface area contributed by atoms with Gasteiger partial charge in [-0.3, -0.25) is 14.5 Å². The first-order chi connectivity index (χ1) is 17.0. The maximum atomic E-state index is 13.5. The molecule has 1 atom stereocenters. The van der Waals surface area contributed by atoms with Crippen LogP contribution in [0.25, 0.3) is 0 Å². The Bertz CT molecular complexity index is 1290. The number of nitrogens with zero attached hydrogens (tertiary/aromatic N) is 2. The second-order valence-corrected chi connectivity index (χ2v) is 9.98. The minimum atomic E-state index is -0.556. The number of carbonyl (C=O) groups is 2. The van der Waals surface area contributed by atoms with Crippen LogP contribution in [-0.4, -0.2) is 23.6 Å². The minimum Gasteiger partial charge on any atom is -0.351 e. The molecule has 0 spiro atoms. The highest BCUT2D eigenvalue weighted by Crippen LogP contribution is 2.42. The van der Waals surface area contributed by atoms with Crippen molar-refractivity contribution < 1.29 is 14.0 Å². The molecule has 1 fully saturated rings. The lowest BCUT2D eigenvalue weighted by Crippen LogP contribution is -2.32. The standard InChI is InChI=1S/C27H21BrFN3O2S/c28-20-8-12-22(13-9-20)32-26(34)24(16-19-6-10-21(29)11-7-19)35-27(32)23(17-30)25(33)31-15-14-18-4-2-1-3-5-18/h1-13,24H,14-16H2,(H,31,33)/b27-23-/t24-/m0/s1. The summed E-state index contributed by atoms with van der Waals surface area (Å²) in [6.07, 6.45) is 0.963. The predicted octanol–water partition coefficient (Wildman–Crippen LogP) is 5.37. The quantitative estimate of drug-likeness (QED) is 0.317. The van der Waals surface area contributed by atoms with Crippen molar-refractivity contribution in [3.63, 3.8) is 0 Å². The number of benzene rings is 3. The van der Waals surface area contributed by atoms with Gasteiger partial charge in [-0.2, -0.15) is 5.26 Å². The summed E-state index contributed by atoms with van der Waals surface area (Å²) in [6.45, 7) is 0.358. The minimum absolute atomic E-state index is 0.110. The zero-order valence-corrected chi connectivity index (χ0v) is 21.0. The van der Waals surface area contributed by atoms with Gasteiger partial charge in [-0.05, 0) is 60.4 Å². The third kappa shape index (κ3) is 5.99. The SMILES string of the molecule is N#C/C(C(=O)NCCc1ccccc1)=C1/S[C@@H](Cc2ccc(F)cc2)C(=O)N1c1ccc(Br)cc1. The molecule has 2 amide bonds. The summed E-state index contributed by atoms with van der Waals surface area (Å²) in [7, 11) is 0. The van der Waals surface area contributed by atoms with E-state index in [2.05, 4.69) is 21.2 Å². The molecule has 176 valence electrons. The molecule has 5 nitrogen and oxygen atoms in total. The Hall–Kier alpha value is -3.41. The van der Waals surface area contributed by atoms with Gasteiger partial charge in [-0.1, -0.05) is 70.2 Å². The lowest BCUT2D eigenvalue weighted by molar-refractivity contribution is -0.117. The third-order valence-corrected chi connectivity index (χ3v) is 7.26. The number of hydrogen-bond donors (Lipinski definition) is 1. The Morgan fingerprint density at radius 1 is 1.03 bits per heavy atom. The zero-order valence-electron chi connectivity index (χ0n) is 18.6. The Morgan fingerprint density at radius 2 is 1.71 bits per heavy atom. The number of nitriles is 1. The van der Waals surface area contributed by atoms with Crippen LogP contribution in [0.3, 0.4) is 0 Å². The van der Waals surface area contributed by atoms with Gasteiger partial charge < -0.3 is 5.32 Å². The van der Waals surface area contributed by atoms with Crippen LogP contribution >= 0.6 is 27.7 Å². The van der Waals surface area contributed by atoms with Crippen LogP contribution in [0.15, 0.2) is 93.9 Å². The second-order valence-electron chi connectivity index (χ2n) is 7.87. The fourth-order valence-electron chi connectivity index (χ4n) is 3.70. The Labute approximate surface area is 215 Å². The van der Waals surface area contributed by atoms with Crippen LogP contribution in [0.4, 0.5) is 10.1 Å². The van der Waals surface area contributed by atoms with Crippen molar-refractivity contribution in [2.24, 2.45) is 0 Å². The number of hydrogen-bond acceptors (Lipinski definition) is 4. The summed E-state index contributed by atoms with van der Waals surface area (Å²) in [5, 5.41) is 12.5. The topological polar surface area (TPSA) is 73.2 Å². The summed E-state index contributed by atoms with van der Waals surface area (Å²) in [6, 6.07) is 24.8. The normalized spacial score (nSPS) is 16.7. The van der Waals surface area contributed by atoms with Gasteiger partial charge in [-0.15, -0.1) is 0 Å². The van der Waals surface area contributed by atoms with Gasteiger partial charge in [0.1, 0.15) is 22.5 Å². The molecule has 0 aliphatic carbocycles. The van der Waals surface area contributed by atoms with Crippen LogP contribution in [0.1, 0.15) is 11.1 Å². The highest BCUT2D eigenvalue weighted by atomic mass is 79.9. The number of halogens is 2. The van der Waals surface area contributed by atoms with Crippen molar-refractivity contribution in [1.82, 2.24) is 5.32 Å². The van der Waals surface area contributed by atoms with E-state index in [0.29, 0.717) is 30.1 Å². The van der Waals surface area contributed by atoms with Crippen molar-refractivity contribution in [3.05, 3.63) is 111 Å². The summed E-state index contributed by atoms with van der Waals surface area (Å²) >= 11 is 4.57. The number of amides is 2. The smallest absolute Gasteiger partial charge is 0.264 e. The molecule has 1 aliphatic rings. The number of carbonyl (C=O) groups excluding carboxylic acids is 2. The molecule has 8 heteroatoms. The van der Waals surface area contributed by atoms with Gasteiger partial charge in [0.25, 0.3) is 5.91 Å². The van der Waals surface area contributed by atoms with Gasteiger partial charge in [0.2, 0.25) is 5.91 Å². The molecule has 3 aromatic rings. The summed E-state index contributed by atoms with van der Waals surface area (Å²) in [5.74, 6) is -1.11. The largest absolute Gasteiger partial charge is 0.351 e. The van der Waals surface area contributed by atoms with Crippen LogP contribution in [-0.2, 0) is 22.4 Å². The summed E-state index contributed by atoms with van der Waals surface area (Å²) in [4.78, 5) is 27.9. The third-order valence-electron chi connectivity index (χ3n) is 5.47. The molecule has 35 heavy (non-hydrogen) atoms. The van der Waals surface area contributed by atoms with Crippen molar-refractivity contribution in [2.75, 3.05) is 11.4 Å². The molecule has 0 radical (unpaired) electrons. The van der Waals surface area contributed by atoms with E-state index in [0.717, 1.165) is 15.6 Å². The lowest BCUT2D eigenvalue weighted by atomic mass is 10.1. The van der Waals surface area contributed by atoms with Crippen LogP contribution in [0, 0.1) is 17.1 Å². The first-order valence-corrected chi connectivity index (χ1v) is 12.6. The number of nitrogens with one attached hydrogen (secondary N) is 1. The lowest BCUT2D eigenvalue weighted by Gasteiger charge is -2.19. The van der Waals surface area contributed by atoms with E-state index < -0.39 is 11.2 Å². The van der Waals surface area contributed by atoms with E-state index in [9.17, 15) is 19.2 Å². The van der Waals surface area contributed by atoms with E-state index in [4.69, 9.17) is 0 Å². The molecule has 3 aromatic carbocycles. The molecule has 4 rings (SSSR count). The Balaban J connectivity index is 1.61. The summed E-state index contributed by atoms with van der Waals surface area (Å²) in [5.41, 5.74) is 2.31. The van der Waals surface area contributed by atoms with E-state index in [1.807, 2.05) is 36.4 Å². The van der Waals surface area contributed by atoms with Gasteiger partial charge >= 0.3 is 0 Å². The molecular formula is C27H21BrFN3O2S. The monoisotopic (exact) mass is 549 g/mol. The van der Waals surface area contributed by atoms with Crippen LogP contribution in [0.5, 0.6) is 0 Å². The van der Waals surface area contributed by atoms with Crippen LogP contribution in [0.2, 0.25) is 0 Å². The van der Waals surface area contributed by atoms with E-state index in [1.54, 1.807) is 36.4 Å². The van der Waals surface area contributed by atoms with Gasteiger partial charge in [-0.25, -0.2) is 4.39 Å². The molecule has 0 aromatic heterocycles. The predicted molar refractivity (Wildman–Crippen MR) is 139 cm³/mol. The van der Waals surface area contributed by atoms with Crippen LogP contribution < -0.4 is 10.2 Å². The molecule has 0 unspecified atom stereocenters. The van der Waals surface area contributed by atoms with Crippen molar-refractivity contribution in [2.45, 2.75) is 18.1 Å². The molecule has 0 saturated carbocycles. The van der Waals surface area contributed by atoms with Crippen molar-refractivity contribution in [1.29, 1.82) is 5.26 Å². The molecule has 1 saturated heterocycles. The van der Waals surface area contributed by atoms with E-state index in [-0.39, 0.29) is 17.3 Å². The fourth-order valence-corrected chi connectivity index (χ4v) is 5.27. The molecule has 0 bridgehead atoms. The second kappa shape index (κ2) is 11.3. The first-order valence-electron chi connectivity index (χ1n) is 10.9.